The van der Waals surface area contributed by atoms with Crippen LogP contribution in [0.3, 0.4) is 0 Å². The lowest BCUT2D eigenvalue weighted by molar-refractivity contribution is 0.0694. The standard InChI is InChI=1S/C15H16N2O2S/c1-10-7-16-20-14(10)9-17-6-5-12-11(8-17)3-2-4-13(12)15(18)19/h2-4,7H,5-6,8-9H2,1H3,(H,18,19). The number of aromatic nitrogens is 1. The van der Waals surface area contributed by atoms with Crippen molar-refractivity contribution in [3.63, 3.8) is 0 Å². The van der Waals surface area contributed by atoms with E-state index in [1.807, 2.05) is 18.3 Å². The molecule has 0 saturated heterocycles. The van der Waals surface area contributed by atoms with Crippen molar-refractivity contribution in [1.29, 1.82) is 0 Å². The molecule has 1 aromatic heterocycles. The van der Waals surface area contributed by atoms with Gasteiger partial charge in [0.1, 0.15) is 0 Å². The molecule has 20 heavy (non-hydrogen) atoms. The molecule has 1 aliphatic heterocycles. The molecule has 5 heteroatoms. The van der Waals surface area contributed by atoms with Crippen LogP contribution in [0.25, 0.3) is 0 Å². The lowest BCUT2D eigenvalue weighted by Crippen LogP contribution is -2.31. The molecule has 0 saturated carbocycles. The Balaban J connectivity index is 1.81. The van der Waals surface area contributed by atoms with Gasteiger partial charge >= 0.3 is 5.97 Å². The Morgan fingerprint density at radius 2 is 2.35 bits per heavy atom. The quantitative estimate of drug-likeness (QED) is 0.943. The maximum absolute atomic E-state index is 11.2. The van der Waals surface area contributed by atoms with Crippen LogP contribution in [0.1, 0.15) is 31.9 Å². The highest BCUT2D eigenvalue weighted by Gasteiger charge is 2.21. The summed E-state index contributed by atoms with van der Waals surface area (Å²) in [5.74, 6) is -0.825. The SMILES string of the molecule is Cc1cnsc1CN1CCc2c(cccc2C(=O)O)C1. The zero-order valence-corrected chi connectivity index (χ0v) is 12.1. The molecule has 104 valence electrons. The predicted molar refractivity (Wildman–Crippen MR) is 78.1 cm³/mol. The van der Waals surface area contributed by atoms with Crippen LogP contribution >= 0.6 is 11.5 Å². The lowest BCUT2D eigenvalue weighted by Gasteiger charge is -2.29. The molecule has 1 N–H and O–H groups in total. The van der Waals surface area contributed by atoms with E-state index < -0.39 is 5.97 Å². The number of nitrogens with zero attached hydrogens (tertiary/aromatic N) is 2. The molecule has 0 bridgehead atoms. The minimum absolute atomic E-state index is 0.455. The number of carboxylic acids is 1. The highest BCUT2D eigenvalue weighted by atomic mass is 32.1. The predicted octanol–water partition coefficient (Wildman–Crippen LogP) is 2.71. The number of hydrogen-bond donors (Lipinski definition) is 1. The molecule has 0 amide bonds. The van der Waals surface area contributed by atoms with Gasteiger partial charge in [0, 0.05) is 30.7 Å². The maximum atomic E-state index is 11.2. The van der Waals surface area contributed by atoms with Gasteiger partial charge in [0.15, 0.2) is 0 Å². The van der Waals surface area contributed by atoms with Crippen molar-refractivity contribution in [3.05, 3.63) is 51.5 Å². The Morgan fingerprint density at radius 1 is 1.50 bits per heavy atom. The Kier molecular flexibility index (Phi) is 3.54. The van der Waals surface area contributed by atoms with Crippen LogP contribution in [0.5, 0.6) is 0 Å². The van der Waals surface area contributed by atoms with E-state index in [1.54, 1.807) is 17.6 Å². The summed E-state index contributed by atoms with van der Waals surface area (Å²) in [4.78, 5) is 14.9. The van der Waals surface area contributed by atoms with Crippen molar-refractivity contribution < 1.29 is 9.90 Å². The Hall–Kier alpha value is -1.72. The summed E-state index contributed by atoms with van der Waals surface area (Å²) in [5, 5.41) is 9.23. The third kappa shape index (κ3) is 2.46. The minimum Gasteiger partial charge on any atom is -0.478 e. The number of hydrogen-bond acceptors (Lipinski definition) is 4. The van der Waals surface area contributed by atoms with Gasteiger partial charge in [0.25, 0.3) is 0 Å². The summed E-state index contributed by atoms with van der Waals surface area (Å²) in [7, 11) is 0. The molecule has 2 heterocycles. The van der Waals surface area contributed by atoms with E-state index in [4.69, 9.17) is 0 Å². The van der Waals surface area contributed by atoms with Crippen molar-refractivity contribution >= 4 is 17.5 Å². The first-order valence-electron chi connectivity index (χ1n) is 6.61. The second-order valence-electron chi connectivity index (χ2n) is 5.14. The number of aromatic carboxylic acids is 1. The fraction of sp³-hybridized carbons (Fsp3) is 0.333. The van der Waals surface area contributed by atoms with Crippen molar-refractivity contribution in [3.8, 4) is 0 Å². The number of carbonyl (C=O) groups is 1. The topological polar surface area (TPSA) is 53.4 Å². The molecule has 1 aliphatic rings. The molecule has 3 rings (SSSR count). The monoisotopic (exact) mass is 288 g/mol. The molecule has 0 spiro atoms. The van der Waals surface area contributed by atoms with Crippen LogP contribution in [-0.2, 0) is 19.5 Å². The second kappa shape index (κ2) is 5.34. The maximum Gasteiger partial charge on any atom is 0.335 e. The molecule has 0 unspecified atom stereocenters. The third-order valence-electron chi connectivity index (χ3n) is 3.79. The van der Waals surface area contributed by atoms with Gasteiger partial charge < -0.3 is 5.11 Å². The van der Waals surface area contributed by atoms with E-state index in [0.29, 0.717) is 5.56 Å². The summed E-state index contributed by atoms with van der Waals surface area (Å²) in [5.41, 5.74) is 3.83. The van der Waals surface area contributed by atoms with Gasteiger partial charge in [-0.3, -0.25) is 4.90 Å². The number of carboxylic acid groups (broad SMARTS) is 1. The average molecular weight is 288 g/mol. The summed E-state index contributed by atoms with van der Waals surface area (Å²) in [6.07, 6.45) is 2.70. The summed E-state index contributed by atoms with van der Waals surface area (Å²) < 4.78 is 4.21. The first kappa shape index (κ1) is 13.3. The largest absolute Gasteiger partial charge is 0.478 e. The second-order valence-corrected chi connectivity index (χ2v) is 6.03. The van der Waals surface area contributed by atoms with E-state index in [2.05, 4.69) is 16.2 Å². The highest BCUT2D eigenvalue weighted by molar-refractivity contribution is 7.05. The number of benzene rings is 1. The van der Waals surface area contributed by atoms with E-state index in [0.717, 1.165) is 37.2 Å². The van der Waals surface area contributed by atoms with Crippen molar-refractivity contribution in [2.24, 2.45) is 0 Å². The Bertz CT molecular complexity index is 651. The fourth-order valence-corrected chi connectivity index (χ4v) is 3.45. The molecule has 2 aromatic rings. The van der Waals surface area contributed by atoms with E-state index >= 15 is 0 Å². The summed E-state index contributed by atoms with van der Waals surface area (Å²) >= 11 is 1.55. The molecule has 0 fully saturated rings. The smallest absolute Gasteiger partial charge is 0.335 e. The van der Waals surface area contributed by atoms with Crippen molar-refractivity contribution in [1.82, 2.24) is 9.27 Å². The van der Waals surface area contributed by atoms with Gasteiger partial charge in [-0.25, -0.2) is 9.17 Å². The summed E-state index contributed by atoms with van der Waals surface area (Å²) in [6, 6.07) is 5.57. The van der Waals surface area contributed by atoms with Crippen molar-refractivity contribution in [2.45, 2.75) is 26.4 Å². The normalized spacial score (nSPS) is 15.1. The molecule has 0 radical (unpaired) electrons. The number of aryl methyl sites for hydroxylation is 1. The van der Waals surface area contributed by atoms with Crippen molar-refractivity contribution in [2.75, 3.05) is 6.54 Å². The molecular formula is C15H16N2O2S. The first-order valence-corrected chi connectivity index (χ1v) is 7.39. The van der Waals surface area contributed by atoms with Gasteiger partial charge in [0.05, 0.1) is 5.56 Å². The van der Waals surface area contributed by atoms with E-state index in [9.17, 15) is 9.90 Å². The van der Waals surface area contributed by atoms with Gasteiger partial charge in [-0.15, -0.1) is 0 Å². The molecule has 4 nitrogen and oxygen atoms in total. The third-order valence-corrected chi connectivity index (χ3v) is 4.67. The van der Waals surface area contributed by atoms with Crippen LogP contribution < -0.4 is 0 Å². The van der Waals surface area contributed by atoms with E-state index in [-0.39, 0.29) is 0 Å². The van der Waals surface area contributed by atoms with Gasteiger partial charge in [-0.2, -0.15) is 0 Å². The summed E-state index contributed by atoms with van der Waals surface area (Å²) in [6.45, 7) is 4.69. The Labute approximate surface area is 121 Å². The first-order chi connectivity index (χ1) is 9.65. The van der Waals surface area contributed by atoms with E-state index in [1.165, 1.54) is 10.4 Å². The zero-order chi connectivity index (χ0) is 14.1. The van der Waals surface area contributed by atoms with Crippen LogP contribution in [0, 0.1) is 6.92 Å². The van der Waals surface area contributed by atoms with Gasteiger partial charge in [-0.1, -0.05) is 12.1 Å². The molecule has 1 aromatic carbocycles. The number of rotatable bonds is 3. The lowest BCUT2D eigenvalue weighted by atomic mass is 9.94. The van der Waals surface area contributed by atoms with Gasteiger partial charge in [0.2, 0.25) is 0 Å². The average Bonchev–Trinajstić information content (AvgIpc) is 2.83. The van der Waals surface area contributed by atoms with Crippen LogP contribution in [0.2, 0.25) is 0 Å². The van der Waals surface area contributed by atoms with Crippen LogP contribution in [0.4, 0.5) is 0 Å². The van der Waals surface area contributed by atoms with Gasteiger partial charge in [-0.05, 0) is 47.6 Å². The number of fused-ring (bicyclic) bond motifs is 1. The van der Waals surface area contributed by atoms with Crippen LogP contribution in [-0.4, -0.2) is 26.9 Å². The molecule has 0 aliphatic carbocycles. The van der Waals surface area contributed by atoms with Crippen LogP contribution in [0.15, 0.2) is 24.4 Å². The molecule has 0 atom stereocenters. The Morgan fingerprint density at radius 3 is 3.05 bits per heavy atom. The highest BCUT2D eigenvalue weighted by Crippen LogP contribution is 2.25. The fourth-order valence-electron chi connectivity index (χ4n) is 2.67. The zero-order valence-electron chi connectivity index (χ0n) is 11.3. The minimum atomic E-state index is -0.825. The molecular weight excluding hydrogens is 272 g/mol.